The Hall–Kier alpha value is -1.19. The lowest BCUT2D eigenvalue weighted by Gasteiger charge is -2.12. The third-order valence-electron chi connectivity index (χ3n) is 3.64. The largest absolute Gasteiger partial charge is 0.491 e. The van der Waals surface area contributed by atoms with Crippen LogP contribution in [0.1, 0.15) is 32.6 Å². The van der Waals surface area contributed by atoms with E-state index in [9.17, 15) is 0 Å². The van der Waals surface area contributed by atoms with Gasteiger partial charge in [-0.2, -0.15) is 0 Å². The molecule has 0 radical (unpaired) electrons. The highest BCUT2D eigenvalue weighted by Gasteiger charge is 2.07. The van der Waals surface area contributed by atoms with Crippen LogP contribution in [-0.4, -0.2) is 26.1 Å². The van der Waals surface area contributed by atoms with Crippen LogP contribution in [0.25, 0.3) is 10.8 Å². The molecule has 0 aliphatic rings. The van der Waals surface area contributed by atoms with Crippen LogP contribution >= 0.6 is 11.8 Å². The fourth-order valence-corrected chi connectivity index (χ4v) is 3.51. The van der Waals surface area contributed by atoms with Gasteiger partial charge in [0.2, 0.25) is 0 Å². The number of methoxy groups -OCH3 is 1. The summed E-state index contributed by atoms with van der Waals surface area (Å²) in [5.74, 6) is 2.14. The zero-order valence-corrected chi connectivity index (χ0v) is 14.5. The topological polar surface area (TPSA) is 18.5 Å². The van der Waals surface area contributed by atoms with E-state index < -0.39 is 0 Å². The third-order valence-corrected chi connectivity index (χ3v) is 4.80. The highest BCUT2D eigenvalue weighted by Crippen LogP contribution is 2.34. The number of unbranched alkanes of at least 4 members (excludes halogenated alkanes) is 3. The van der Waals surface area contributed by atoms with Crippen molar-refractivity contribution in [1.29, 1.82) is 0 Å². The lowest BCUT2D eigenvalue weighted by molar-refractivity contribution is 0.147. The van der Waals surface area contributed by atoms with Gasteiger partial charge in [-0.1, -0.05) is 50.5 Å². The summed E-state index contributed by atoms with van der Waals surface area (Å²) in [4.78, 5) is 1.35. The lowest BCUT2D eigenvalue weighted by atomic mass is 10.1. The summed E-state index contributed by atoms with van der Waals surface area (Å²) < 4.78 is 10.9. The highest BCUT2D eigenvalue weighted by atomic mass is 32.2. The van der Waals surface area contributed by atoms with Gasteiger partial charge in [-0.15, -0.1) is 11.8 Å². The first kappa shape index (κ1) is 17.2. The van der Waals surface area contributed by atoms with E-state index in [4.69, 9.17) is 9.47 Å². The molecule has 3 heteroatoms. The summed E-state index contributed by atoms with van der Waals surface area (Å²) in [5.41, 5.74) is 0. The smallest absolute Gasteiger partial charge is 0.127 e. The molecule has 0 amide bonds. The van der Waals surface area contributed by atoms with Crippen LogP contribution in [0.5, 0.6) is 5.75 Å². The minimum Gasteiger partial charge on any atom is -0.491 e. The van der Waals surface area contributed by atoms with Crippen molar-refractivity contribution in [3.63, 3.8) is 0 Å². The molecular formula is C19H26O2S. The van der Waals surface area contributed by atoms with E-state index in [0.29, 0.717) is 13.2 Å². The second kappa shape index (κ2) is 9.75. The Bertz CT molecular complexity index is 568. The Balaban J connectivity index is 2.07. The van der Waals surface area contributed by atoms with Crippen LogP contribution in [0.15, 0.2) is 41.3 Å². The molecule has 0 fully saturated rings. The van der Waals surface area contributed by atoms with Crippen LogP contribution in [0.2, 0.25) is 0 Å². The van der Waals surface area contributed by atoms with Gasteiger partial charge in [0.15, 0.2) is 0 Å². The Morgan fingerprint density at radius 3 is 2.50 bits per heavy atom. The van der Waals surface area contributed by atoms with Gasteiger partial charge >= 0.3 is 0 Å². The summed E-state index contributed by atoms with van der Waals surface area (Å²) >= 11 is 1.96. The van der Waals surface area contributed by atoms with Crippen molar-refractivity contribution in [2.24, 2.45) is 0 Å². The predicted molar refractivity (Wildman–Crippen MR) is 96.2 cm³/mol. The summed E-state index contributed by atoms with van der Waals surface area (Å²) in [5, 5.41) is 2.48. The number of thioether (sulfide) groups is 1. The first-order valence-electron chi connectivity index (χ1n) is 8.13. The van der Waals surface area contributed by atoms with Crippen molar-refractivity contribution in [2.75, 3.05) is 26.1 Å². The van der Waals surface area contributed by atoms with E-state index in [1.54, 1.807) is 7.11 Å². The fraction of sp³-hybridized carbons (Fsp3) is 0.474. The van der Waals surface area contributed by atoms with Crippen molar-refractivity contribution in [2.45, 2.75) is 37.5 Å². The van der Waals surface area contributed by atoms with Crippen molar-refractivity contribution >= 4 is 22.5 Å². The zero-order valence-electron chi connectivity index (χ0n) is 13.6. The molecule has 0 N–H and O–H groups in total. The quantitative estimate of drug-likeness (QED) is 0.423. The van der Waals surface area contributed by atoms with Crippen molar-refractivity contribution in [1.82, 2.24) is 0 Å². The minimum absolute atomic E-state index is 0.587. The normalized spacial score (nSPS) is 11.0. The molecule has 0 saturated carbocycles. The molecular weight excluding hydrogens is 292 g/mol. The van der Waals surface area contributed by atoms with E-state index in [1.807, 2.05) is 11.8 Å². The van der Waals surface area contributed by atoms with E-state index in [1.165, 1.54) is 47.1 Å². The average Bonchev–Trinajstić information content (AvgIpc) is 2.56. The molecule has 0 aliphatic heterocycles. The first-order chi connectivity index (χ1) is 10.9. The van der Waals surface area contributed by atoms with Crippen molar-refractivity contribution < 1.29 is 9.47 Å². The number of hydrogen-bond donors (Lipinski definition) is 0. The number of benzene rings is 2. The van der Waals surface area contributed by atoms with Crippen molar-refractivity contribution in [3.05, 3.63) is 36.4 Å². The van der Waals surface area contributed by atoms with Gasteiger partial charge in [0.1, 0.15) is 12.4 Å². The standard InChI is InChI=1S/C19H26O2S/c1-3-4-5-8-15-22-19-12-11-18(21-14-13-20-2)16-9-6-7-10-17(16)19/h6-7,9-12H,3-5,8,13-15H2,1-2H3. The van der Waals surface area contributed by atoms with E-state index in [0.717, 1.165) is 5.75 Å². The second-order valence-corrected chi connectivity index (χ2v) is 6.49. The number of fused-ring (bicyclic) bond motifs is 1. The van der Waals surface area contributed by atoms with Gasteiger partial charge in [0, 0.05) is 17.4 Å². The van der Waals surface area contributed by atoms with Gasteiger partial charge in [0.25, 0.3) is 0 Å². The molecule has 0 unspecified atom stereocenters. The van der Waals surface area contributed by atoms with Crippen LogP contribution in [0.3, 0.4) is 0 Å². The monoisotopic (exact) mass is 318 g/mol. The van der Waals surface area contributed by atoms with Crippen LogP contribution in [-0.2, 0) is 4.74 Å². The maximum Gasteiger partial charge on any atom is 0.127 e. The molecule has 0 aromatic heterocycles. The maximum atomic E-state index is 5.84. The minimum atomic E-state index is 0.587. The van der Waals surface area contributed by atoms with Gasteiger partial charge in [-0.05, 0) is 29.7 Å². The molecule has 2 aromatic carbocycles. The van der Waals surface area contributed by atoms with E-state index in [-0.39, 0.29) is 0 Å². The molecule has 120 valence electrons. The van der Waals surface area contributed by atoms with E-state index >= 15 is 0 Å². The lowest BCUT2D eigenvalue weighted by Crippen LogP contribution is -2.04. The van der Waals surface area contributed by atoms with Crippen molar-refractivity contribution in [3.8, 4) is 5.75 Å². The summed E-state index contributed by atoms with van der Waals surface area (Å²) in [6, 6.07) is 12.8. The third kappa shape index (κ3) is 4.92. The summed E-state index contributed by atoms with van der Waals surface area (Å²) in [6.45, 7) is 3.45. The van der Waals surface area contributed by atoms with Crippen LogP contribution in [0.4, 0.5) is 0 Å². The zero-order chi connectivity index (χ0) is 15.6. The number of rotatable bonds is 10. The van der Waals surface area contributed by atoms with Gasteiger partial charge in [0.05, 0.1) is 6.61 Å². The SMILES string of the molecule is CCCCCCSc1ccc(OCCOC)c2ccccc12. The van der Waals surface area contributed by atoms with E-state index in [2.05, 4.69) is 43.3 Å². The predicted octanol–water partition coefficient (Wildman–Crippen LogP) is 5.54. The molecule has 0 heterocycles. The Morgan fingerprint density at radius 1 is 0.909 bits per heavy atom. The average molecular weight is 318 g/mol. The maximum absolute atomic E-state index is 5.84. The molecule has 0 atom stereocenters. The molecule has 0 bridgehead atoms. The van der Waals surface area contributed by atoms with Crippen LogP contribution < -0.4 is 4.74 Å². The van der Waals surface area contributed by atoms with Crippen LogP contribution in [0, 0.1) is 0 Å². The second-order valence-electron chi connectivity index (χ2n) is 5.36. The Labute approximate surface area is 138 Å². The Morgan fingerprint density at radius 2 is 1.73 bits per heavy atom. The molecule has 2 rings (SSSR count). The summed E-state index contributed by atoms with van der Waals surface area (Å²) in [7, 11) is 1.69. The molecule has 0 saturated heterocycles. The van der Waals surface area contributed by atoms with Gasteiger partial charge in [-0.25, -0.2) is 0 Å². The molecule has 2 aromatic rings. The van der Waals surface area contributed by atoms with Gasteiger partial charge < -0.3 is 9.47 Å². The molecule has 0 aliphatic carbocycles. The van der Waals surface area contributed by atoms with Gasteiger partial charge in [-0.3, -0.25) is 0 Å². The number of ether oxygens (including phenoxy) is 2. The highest BCUT2D eigenvalue weighted by molar-refractivity contribution is 7.99. The number of hydrogen-bond acceptors (Lipinski definition) is 3. The fourth-order valence-electron chi connectivity index (χ4n) is 2.44. The molecule has 22 heavy (non-hydrogen) atoms. The molecule has 0 spiro atoms. The Kier molecular flexibility index (Phi) is 7.61. The molecule has 2 nitrogen and oxygen atoms in total. The summed E-state index contributed by atoms with van der Waals surface area (Å²) in [6.07, 6.45) is 5.26. The first-order valence-corrected chi connectivity index (χ1v) is 9.11.